The second-order valence-electron chi connectivity index (χ2n) is 4.98. The Labute approximate surface area is 132 Å². The lowest BCUT2D eigenvalue weighted by Gasteiger charge is -2.29. The predicted molar refractivity (Wildman–Crippen MR) is 86.2 cm³/mol. The van der Waals surface area contributed by atoms with Crippen molar-refractivity contribution in [3.63, 3.8) is 0 Å². The number of amides is 1. The fourth-order valence-corrected chi connectivity index (χ4v) is 2.51. The lowest BCUT2D eigenvalue weighted by Crippen LogP contribution is -2.44. The van der Waals surface area contributed by atoms with Crippen LogP contribution >= 0.6 is 15.9 Å². The van der Waals surface area contributed by atoms with Gasteiger partial charge in [-0.1, -0.05) is 52.3 Å². The molecule has 0 bridgehead atoms. The number of hydrogen-bond donors (Lipinski definition) is 1. The third-order valence-corrected chi connectivity index (χ3v) is 4.44. The number of nitriles is 1. The van der Waals surface area contributed by atoms with E-state index in [1.807, 2.05) is 43.3 Å². The maximum Gasteiger partial charge on any atom is 0.252 e. The lowest BCUT2D eigenvalue weighted by atomic mass is 9.93. The van der Waals surface area contributed by atoms with E-state index in [9.17, 15) is 4.79 Å². The van der Waals surface area contributed by atoms with E-state index in [4.69, 9.17) is 5.26 Å². The number of hydrogen-bond acceptors (Lipinski definition) is 2. The largest absolute Gasteiger partial charge is 0.342 e. The van der Waals surface area contributed by atoms with Crippen molar-refractivity contribution in [1.29, 1.82) is 5.26 Å². The molecule has 0 aromatic heterocycles. The summed E-state index contributed by atoms with van der Waals surface area (Å²) in [4.78, 5) is 12.4. The molecule has 0 aliphatic heterocycles. The van der Waals surface area contributed by atoms with Crippen LogP contribution in [0.3, 0.4) is 0 Å². The molecule has 1 amide bonds. The van der Waals surface area contributed by atoms with Gasteiger partial charge in [-0.25, -0.2) is 0 Å². The normalized spacial score (nSPS) is 13.0. The van der Waals surface area contributed by atoms with Gasteiger partial charge in [0, 0.05) is 10.9 Å². The lowest BCUT2D eigenvalue weighted by molar-refractivity contribution is 0.0914. The number of nitrogens with one attached hydrogen (secondary N) is 1. The molecule has 0 radical (unpaired) electrons. The van der Waals surface area contributed by atoms with Crippen molar-refractivity contribution in [3.05, 3.63) is 71.3 Å². The molecule has 0 aliphatic carbocycles. The second kappa shape index (κ2) is 6.55. The number of halogens is 1. The van der Waals surface area contributed by atoms with Gasteiger partial charge in [0.15, 0.2) is 0 Å². The fourth-order valence-electron chi connectivity index (χ4n) is 2.04. The van der Waals surface area contributed by atoms with Crippen LogP contribution in [0.4, 0.5) is 0 Å². The van der Waals surface area contributed by atoms with Gasteiger partial charge in [-0.3, -0.25) is 4.79 Å². The number of rotatable bonds is 4. The van der Waals surface area contributed by atoms with E-state index in [1.54, 1.807) is 24.3 Å². The molecule has 21 heavy (non-hydrogen) atoms. The summed E-state index contributed by atoms with van der Waals surface area (Å²) in [6, 6.07) is 18.5. The monoisotopic (exact) mass is 342 g/mol. The first-order chi connectivity index (χ1) is 10.1. The first-order valence-corrected chi connectivity index (χ1v) is 7.65. The fraction of sp³-hybridized carbons (Fsp3) is 0.176. The van der Waals surface area contributed by atoms with Crippen LogP contribution in [-0.2, 0) is 5.54 Å². The van der Waals surface area contributed by atoms with E-state index < -0.39 is 5.54 Å². The maximum atomic E-state index is 12.4. The first-order valence-electron chi connectivity index (χ1n) is 6.53. The van der Waals surface area contributed by atoms with E-state index in [0.717, 1.165) is 5.56 Å². The van der Waals surface area contributed by atoms with Crippen LogP contribution in [0.5, 0.6) is 0 Å². The quantitative estimate of drug-likeness (QED) is 0.863. The van der Waals surface area contributed by atoms with Gasteiger partial charge in [0.1, 0.15) is 0 Å². The predicted octanol–water partition coefficient (Wildman–Crippen LogP) is 3.60. The summed E-state index contributed by atoms with van der Waals surface area (Å²) in [5.41, 5.74) is 1.47. The van der Waals surface area contributed by atoms with Gasteiger partial charge in [-0.15, -0.1) is 0 Å². The summed E-state index contributed by atoms with van der Waals surface area (Å²) < 4.78 is 0. The van der Waals surface area contributed by atoms with Gasteiger partial charge < -0.3 is 5.32 Å². The molecular formula is C17H15BrN2O. The van der Waals surface area contributed by atoms with Gasteiger partial charge in [0.2, 0.25) is 0 Å². The average molecular weight is 343 g/mol. The molecule has 1 atom stereocenters. The number of carbonyl (C=O) groups excluding carboxylic acids is 1. The molecule has 3 nitrogen and oxygen atoms in total. The highest BCUT2D eigenvalue weighted by molar-refractivity contribution is 9.09. The van der Waals surface area contributed by atoms with Crippen LogP contribution in [-0.4, -0.2) is 11.2 Å². The Balaban J connectivity index is 2.26. The van der Waals surface area contributed by atoms with Crippen molar-refractivity contribution in [2.24, 2.45) is 0 Å². The van der Waals surface area contributed by atoms with Crippen LogP contribution in [0.2, 0.25) is 0 Å². The Morgan fingerprint density at radius 3 is 2.57 bits per heavy atom. The molecule has 1 unspecified atom stereocenters. The van der Waals surface area contributed by atoms with Crippen molar-refractivity contribution in [1.82, 2.24) is 5.32 Å². The third kappa shape index (κ3) is 3.50. The Morgan fingerprint density at radius 1 is 1.24 bits per heavy atom. The summed E-state index contributed by atoms with van der Waals surface area (Å²) in [6.45, 7) is 1.96. The molecule has 1 N–H and O–H groups in total. The summed E-state index contributed by atoms with van der Waals surface area (Å²) in [5.74, 6) is -0.196. The van der Waals surface area contributed by atoms with Gasteiger partial charge >= 0.3 is 0 Å². The van der Waals surface area contributed by atoms with Crippen molar-refractivity contribution in [3.8, 4) is 6.07 Å². The Bertz CT molecular complexity index is 679. The summed E-state index contributed by atoms with van der Waals surface area (Å²) in [6.07, 6.45) is 0. The minimum Gasteiger partial charge on any atom is -0.342 e. The van der Waals surface area contributed by atoms with Gasteiger partial charge in [0.25, 0.3) is 5.91 Å². The Hall–Kier alpha value is -2.12. The molecular weight excluding hydrogens is 328 g/mol. The topological polar surface area (TPSA) is 52.9 Å². The maximum absolute atomic E-state index is 12.4. The van der Waals surface area contributed by atoms with Crippen LogP contribution in [0.1, 0.15) is 28.4 Å². The number of carbonyl (C=O) groups is 1. The van der Waals surface area contributed by atoms with E-state index in [0.29, 0.717) is 16.5 Å². The average Bonchev–Trinajstić information content (AvgIpc) is 2.55. The molecule has 2 rings (SSSR count). The molecule has 0 fully saturated rings. The van der Waals surface area contributed by atoms with Crippen LogP contribution in [0.15, 0.2) is 54.6 Å². The molecule has 2 aromatic rings. The standard InChI is InChI=1S/C17H15BrN2O/c1-17(12-18,15-8-3-2-4-9-15)20-16(21)14-7-5-6-13(10-14)11-19/h2-10H,12H2,1H3,(H,20,21). The van der Waals surface area contributed by atoms with E-state index in [-0.39, 0.29) is 5.91 Å². The van der Waals surface area contributed by atoms with E-state index in [2.05, 4.69) is 21.2 Å². The Kier molecular flexibility index (Phi) is 4.77. The molecule has 4 heteroatoms. The van der Waals surface area contributed by atoms with E-state index >= 15 is 0 Å². The van der Waals surface area contributed by atoms with Crippen LogP contribution < -0.4 is 5.32 Å². The number of alkyl halides is 1. The SMILES string of the molecule is CC(CBr)(NC(=O)c1cccc(C#N)c1)c1ccccc1. The van der Waals surface area contributed by atoms with E-state index in [1.165, 1.54) is 0 Å². The zero-order chi connectivity index (χ0) is 15.3. The zero-order valence-corrected chi connectivity index (χ0v) is 13.2. The number of nitrogens with zero attached hydrogens (tertiary/aromatic N) is 1. The zero-order valence-electron chi connectivity index (χ0n) is 11.6. The highest BCUT2D eigenvalue weighted by atomic mass is 79.9. The molecule has 0 spiro atoms. The van der Waals surface area contributed by atoms with Gasteiger partial charge in [-0.2, -0.15) is 5.26 Å². The highest BCUT2D eigenvalue weighted by Crippen LogP contribution is 2.23. The number of benzene rings is 2. The van der Waals surface area contributed by atoms with Crippen LogP contribution in [0, 0.1) is 11.3 Å². The minimum absolute atomic E-state index is 0.196. The molecule has 0 aliphatic rings. The molecule has 106 valence electrons. The highest BCUT2D eigenvalue weighted by Gasteiger charge is 2.27. The smallest absolute Gasteiger partial charge is 0.252 e. The third-order valence-electron chi connectivity index (χ3n) is 3.32. The van der Waals surface area contributed by atoms with Gasteiger partial charge in [0.05, 0.1) is 17.2 Å². The van der Waals surface area contributed by atoms with Crippen molar-refractivity contribution in [2.75, 3.05) is 5.33 Å². The van der Waals surface area contributed by atoms with Crippen LogP contribution in [0.25, 0.3) is 0 Å². The summed E-state index contributed by atoms with van der Waals surface area (Å²) >= 11 is 3.47. The van der Waals surface area contributed by atoms with Gasteiger partial charge in [-0.05, 0) is 30.7 Å². The minimum atomic E-state index is -0.513. The van der Waals surface area contributed by atoms with Crippen molar-refractivity contribution >= 4 is 21.8 Å². The second-order valence-corrected chi connectivity index (χ2v) is 5.54. The molecule has 2 aromatic carbocycles. The molecule has 0 saturated heterocycles. The van der Waals surface area contributed by atoms with Crippen molar-refractivity contribution < 1.29 is 4.79 Å². The first kappa shape index (κ1) is 15.3. The molecule has 0 heterocycles. The Morgan fingerprint density at radius 2 is 1.95 bits per heavy atom. The molecule has 0 saturated carbocycles. The summed E-state index contributed by atoms with van der Waals surface area (Å²) in [7, 11) is 0. The summed E-state index contributed by atoms with van der Waals surface area (Å²) in [5, 5.41) is 12.5. The van der Waals surface area contributed by atoms with Crippen molar-refractivity contribution in [2.45, 2.75) is 12.5 Å².